The molecule has 2 aromatic rings. The van der Waals surface area contributed by atoms with Gasteiger partial charge in [0.15, 0.2) is 9.84 Å². The Morgan fingerprint density at radius 2 is 1.86 bits per heavy atom. The van der Waals surface area contributed by atoms with Crippen LogP contribution in [0, 0.1) is 5.82 Å². The van der Waals surface area contributed by atoms with Gasteiger partial charge in [-0.05, 0) is 35.4 Å². The normalized spacial score (nSPS) is 17.9. The molecule has 1 unspecified atom stereocenters. The molecule has 5 heteroatoms. The quantitative estimate of drug-likeness (QED) is 0.871. The molecule has 2 aromatic carbocycles. The summed E-state index contributed by atoms with van der Waals surface area (Å²) in [7, 11) is -3.21. The minimum Gasteiger partial charge on any atom is -0.500 e. The predicted octanol–water partition coefficient (Wildman–Crippen LogP) is 3.38. The van der Waals surface area contributed by atoms with E-state index in [2.05, 4.69) is 0 Å². The van der Waals surface area contributed by atoms with Crippen LogP contribution in [-0.4, -0.2) is 21.3 Å². The zero-order valence-corrected chi connectivity index (χ0v) is 12.8. The van der Waals surface area contributed by atoms with E-state index in [1.165, 1.54) is 18.4 Å². The molecule has 22 heavy (non-hydrogen) atoms. The van der Waals surface area contributed by atoms with Crippen molar-refractivity contribution < 1.29 is 17.5 Å². The van der Waals surface area contributed by atoms with E-state index in [-0.39, 0.29) is 16.6 Å². The van der Waals surface area contributed by atoms with E-state index in [0.29, 0.717) is 6.61 Å². The van der Waals surface area contributed by atoms with Gasteiger partial charge in [-0.1, -0.05) is 24.3 Å². The van der Waals surface area contributed by atoms with Gasteiger partial charge in [-0.25, -0.2) is 12.8 Å². The fourth-order valence-electron chi connectivity index (χ4n) is 2.57. The fraction of sp³-hybridized carbons (Fsp3) is 0.176. The first-order chi connectivity index (χ1) is 10.4. The van der Waals surface area contributed by atoms with Crippen LogP contribution in [0.25, 0.3) is 5.57 Å². The number of ether oxygens (including phenoxy) is 1. The highest BCUT2D eigenvalue weighted by atomic mass is 32.2. The van der Waals surface area contributed by atoms with Gasteiger partial charge >= 0.3 is 0 Å². The van der Waals surface area contributed by atoms with Crippen molar-refractivity contribution >= 4 is 15.4 Å². The largest absolute Gasteiger partial charge is 0.500 e. The maximum absolute atomic E-state index is 13.4. The summed E-state index contributed by atoms with van der Waals surface area (Å²) in [4.78, 5) is 0.284. The molecule has 0 saturated heterocycles. The Labute approximate surface area is 129 Å². The fourth-order valence-corrected chi connectivity index (χ4v) is 3.20. The third kappa shape index (κ3) is 2.90. The minimum absolute atomic E-state index is 0.0320. The highest BCUT2D eigenvalue weighted by molar-refractivity contribution is 7.90. The summed E-state index contributed by atoms with van der Waals surface area (Å²) in [5.41, 5.74) is 2.61. The van der Waals surface area contributed by atoms with Crippen LogP contribution in [0.3, 0.4) is 0 Å². The number of sulfone groups is 1. The van der Waals surface area contributed by atoms with Crippen molar-refractivity contribution in [2.45, 2.75) is 10.8 Å². The molecular weight excluding hydrogens is 303 g/mol. The molecule has 0 amide bonds. The molecule has 0 bridgehead atoms. The lowest BCUT2D eigenvalue weighted by Gasteiger charge is -2.14. The smallest absolute Gasteiger partial charge is 0.175 e. The molecule has 0 spiro atoms. The van der Waals surface area contributed by atoms with Crippen molar-refractivity contribution in [3.63, 3.8) is 0 Å². The van der Waals surface area contributed by atoms with E-state index in [4.69, 9.17) is 4.74 Å². The maximum Gasteiger partial charge on any atom is 0.175 e. The van der Waals surface area contributed by atoms with Gasteiger partial charge in [-0.2, -0.15) is 0 Å². The van der Waals surface area contributed by atoms with E-state index in [0.717, 1.165) is 16.7 Å². The average molecular weight is 318 g/mol. The molecule has 0 aromatic heterocycles. The molecule has 0 saturated carbocycles. The highest BCUT2D eigenvalue weighted by Gasteiger charge is 2.24. The van der Waals surface area contributed by atoms with E-state index in [9.17, 15) is 12.8 Å². The Kier molecular flexibility index (Phi) is 3.74. The molecule has 1 aliphatic rings. The van der Waals surface area contributed by atoms with Crippen LogP contribution in [0.2, 0.25) is 0 Å². The molecule has 3 rings (SSSR count). The molecule has 1 atom stereocenters. The summed E-state index contributed by atoms with van der Waals surface area (Å²) >= 11 is 0. The predicted molar refractivity (Wildman–Crippen MR) is 82.6 cm³/mol. The van der Waals surface area contributed by atoms with Gasteiger partial charge in [0.25, 0.3) is 0 Å². The molecule has 1 heterocycles. The first-order valence-corrected chi connectivity index (χ1v) is 8.72. The summed E-state index contributed by atoms with van der Waals surface area (Å²) in [6.45, 7) is 0.462. The Hall–Kier alpha value is -2.14. The number of hydrogen-bond acceptors (Lipinski definition) is 3. The van der Waals surface area contributed by atoms with Crippen molar-refractivity contribution in [3.8, 4) is 0 Å². The van der Waals surface area contributed by atoms with Crippen LogP contribution in [0.1, 0.15) is 17.0 Å². The molecule has 3 nitrogen and oxygen atoms in total. The minimum atomic E-state index is -3.21. The van der Waals surface area contributed by atoms with Crippen LogP contribution >= 0.6 is 0 Å². The number of hydrogen-bond donors (Lipinski definition) is 0. The van der Waals surface area contributed by atoms with Crippen molar-refractivity contribution in [3.05, 3.63) is 71.7 Å². The van der Waals surface area contributed by atoms with E-state index < -0.39 is 9.84 Å². The molecule has 1 aliphatic heterocycles. The Morgan fingerprint density at radius 1 is 1.14 bits per heavy atom. The van der Waals surface area contributed by atoms with Crippen LogP contribution < -0.4 is 0 Å². The van der Waals surface area contributed by atoms with Gasteiger partial charge in [-0.15, -0.1) is 0 Å². The monoisotopic (exact) mass is 318 g/mol. The molecule has 0 N–H and O–H groups in total. The van der Waals surface area contributed by atoms with Crippen molar-refractivity contribution in [2.24, 2.45) is 0 Å². The number of benzene rings is 2. The highest BCUT2D eigenvalue weighted by Crippen LogP contribution is 2.37. The first kappa shape index (κ1) is 14.8. The third-order valence-electron chi connectivity index (χ3n) is 3.72. The van der Waals surface area contributed by atoms with Gasteiger partial charge in [0.2, 0.25) is 0 Å². The molecule has 0 aliphatic carbocycles. The Morgan fingerprint density at radius 3 is 2.50 bits per heavy atom. The first-order valence-electron chi connectivity index (χ1n) is 6.83. The van der Waals surface area contributed by atoms with E-state index in [1.54, 1.807) is 36.6 Å². The lowest BCUT2D eigenvalue weighted by molar-refractivity contribution is 0.269. The average Bonchev–Trinajstić information content (AvgIpc) is 2.96. The van der Waals surface area contributed by atoms with Crippen molar-refractivity contribution in [1.82, 2.24) is 0 Å². The standard InChI is InChI=1S/C17H15FO3S/c1-22(19,20)15-7-5-12(6-8-15)16-10-21-11-17(16)13-3-2-4-14(18)9-13/h2-9,11,16H,10H2,1H3. The lowest BCUT2D eigenvalue weighted by atomic mass is 9.89. The molecule has 0 radical (unpaired) electrons. The van der Waals surface area contributed by atoms with E-state index >= 15 is 0 Å². The molecule has 114 valence electrons. The second kappa shape index (κ2) is 5.57. The van der Waals surface area contributed by atoms with Gasteiger partial charge in [0.05, 0.1) is 17.8 Å². The second-order valence-electron chi connectivity index (χ2n) is 5.31. The zero-order valence-electron chi connectivity index (χ0n) is 12.0. The Bertz CT molecular complexity index is 823. The van der Waals surface area contributed by atoms with Gasteiger partial charge in [-0.3, -0.25) is 0 Å². The van der Waals surface area contributed by atoms with Crippen LogP contribution in [0.4, 0.5) is 4.39 Å². The van der Waals surface area contributed by atoms with E-state index in [1.807, 2.05) is 6.07 Å². The topological polar surface area (TPSA) is 43.4 Å². The summed E-state index contributed by atoms with van der Waals surface area (Å²) in [6.07, 6.45) is 2.82. The van der Waals surface area contributed by atoms with Gasteiger partial charge < -0.3 is 4.74 Å². The second-order valence-corrected chi connectivity index (χ2v) is 7.33. The van der Waals surface area contributed by atoms with Gasteiger partial charge in [0.1, 0.15) is 5.82 Å². The maximum atomic E-state index is 13.4. The summed E-state index contributed by atoms with van der Waals surface area (Å²) in [5.74, 6) is -0.327. The van der Waals surface area contributed by atoms with Crippen LogP contribution in [-0.2, 0) is 14.6 Å². The Balaban J connectivity index is 1.93. The lowest BCUT2D eigenvalue weighted by Crippen LogP contribution is -2.04. The van der Waals surface area contributed by atoms with Crippen molar-refractivity contribution in [2.75, 3.05) is 12.9 Å². The van der Waals surface area contributed by atoms with Crippen LogP contribution in [0.5, 0.6) is 0 Å². The summed E-state index contributed by atoms with van der Waals surface area (Å²) in [5, 5.41) is 0. The SMILES string of the molecule is CS(=O)(=O)c1ccc(C2COC=C2c2cccc(F)c2)cc1. The summed E-state index contributed by atoms with van der Waals surface area (Å²) in [6, 6.07) is 13.1. The molecule has 0 fully saturated rings. The zero-order chi connectivity index (χ0) is 15.7. The third-order valence-corrected chi connectivity index (χ3v) is 4.85. The number of rotatable bonds is 3. The van der Waals surface area contributed by atoms with Gasteiger partial charge in [0, 0.05) is 17.7 Å². The summed E-state index contributed by atoms with van der Waals surface area (Å²) < 4.78 is 41.8. The molecular formula is C17H15FO3S. The van der Waals surface area contributed by atoms with Crippen LogP contribution in [0.15, 0.2) is 59.7 Å². The number of halogens is 1. The van der Waals surface area contributed by atoms with Crippen molar-refractivity contribution in [1.29, 1.82) is 0 Å².